The number of hydrogen-bond donors (Lipinski definition) is 1. The largest absolute Gasteiger partial charge is 0.244 e. The molecule has 1 unspecified atom stereocenters. The zero-order chi connectivity index (χ0) is 21.1. The van der Waals surface area contributed by atoms with Crippen molar-refractivity contribution < 1.29 is 8.42 Å². The summed E-state index contributed by atoms with van der Waals surface area (Å²) in [5, 5.41) is 4.62. The summed E-state index contributed by atoms with van der Waals surface area (Å²) in [5.41, 5.74) is 2.18. The van der Waals surface area contributed by atoms with Crippen LogP contribution in [0, 0.1) is 0 Å². The van der Waals surface area contributed by atoms with Crippen LogP contribution in [-0.2, 0) is 21.9 Å². The summed E-state index contributed by atoms with van der Waals surface area (Å²) >= 11 is 0. The highest BCUT2D eigenvalue weighted by Crippen LogP contribution is 2.29. The molecule has 6 heteroatoms. The van der Waals surface area contributed by atoms with Crippen molar-refractivity contribution in [3.8, 4) is 5.69 Å². The topological polar surface area (TPSA) is 64.0 Å². The first-order valence-electron chi connectivity index (χ1n) is 9.88. The first-order valence-corrected chi connectivity index (χ1v) is 11.4. The van der Waals surface area contributed by atoms with Crippen molar-refractivity contribution in [2.24, 2.45) is 0 Å². The van der Waals surface area contributed by atoms with Crippen LogP contribution in [0.5, 0.6) is 0 Å². The molecule has 1 atom stereocenters. The van der Waals surface area contributed by atoms with Crippen LogP contribution >= 0.6 is 0 Å². The number of para-hydroxylation sites is 1. The van der Waals surface area contributed by atoms with Gasteiger partial charge in [0.25, 0.3) is 0 Å². The van der Waals surface area contributed by atoms with E-state index in [1.54, 1.807) is 10.9 Å². The SMILES string of the molecule is CC(CCc1ccccc1)NS(=O)(=O)c1cn(-c2ccccc2)nc1C(C)(C)C. The van der Waals surface area contributed by atoms with Crippen molar-refractivity contribution in [2.45, 2.75) is 56.9 Å². The Hall–Kier alpha value is -2.44. The maximum atomic E-state index is 13.2. The van der Waals surface area contributed by atoms with Crippen molar-refractivity contribution in [1.82, 2.24) is 14.5 Å². The standard InChI is InChI=1S/C23H29N3O2S/c1-18(15-16-19-11-7-5-8-12-19)25-29(27,28)21-17-26(20-13-9-6-10-14-20)24-22(21)23(2,3)4/h5-14,17-18,25H,15-16H2,1-4H3. The van der Waals surface area contributed by atoms with E-state index >= 15 is 0 Å². The molecule has 0 bridgehead atoms. The summed E-state index contributed by atoms with van der Waals surface area (Å²) in [5.74, 6) is 0. The van der Waals surface area contributed by atoms with Gasteiger partial charge in [0.15, 0.2) is 0 Å². The molecule has 0 aliphatic carbocycles. The van der Waals surface area contributed by atoms with Gasteiger partial charge in [-0.3, -0.25) is 0 Å². The van der Waals surface area contributed by atoms with Crippen LogP contribution < -0.4 is 4.72 Å². The fourth-order valence-electron chi connectivity index (χ4n) is 3.20. The van der Waals surface area contributed by atoms with Crippen LogP contribution in [0.3, 0.4) is 0 Å². The summed E-state index contributed by atoms with van der Waals surface area (Å²) in [4.78, 5) is 0.236. The van der Waals surface area contributed by atoms with Crippen LogP contribution in [0.25, 0.3) is 5.69 Å². The molecule has 0 spiro atoms. The van der Waals surface area contributed by atoms with E-state index in [1.165, 1.54) is 5.56 Å². The Balaban J connectivity index is 1.84. The average molecular weight is 412 g/mol. The van der Waals surface area contributed by atoms with Gasteiger partial charge in [-0.25, -0.2) is 17.8 Å². The van der Waals surface area contributed by atoms with E-state index in [9.17, 15) is 8.42 Å². The minimum absolute atomic E-state index is 0.187. The molecule has 1 N–H and O–H groups in total. The van der Waals surface area contributed by atoms with Gasteiger partial charge < -0.3 is 0 Å². The lowest BCUT2D eigenvalue weighted by molar-refractivity contribution is 0.527. The van der Waals surface area contributed by atoms with E-state index in [4.69, 9.17) is 0 Å². The molecule has 2 aromatic carbocycles. The summed E-state index contributed by atoms with van der Waals surface area (Å²) in [6.45, 7) is 7.83. The van der Waals surface area contributed by atoms with Crippen molar-refractivity contribution >= 4 is 10.0 Å². The van der Waals surface area contributed by atoms with Crippen molar-refractivity contribution in [2.75, 3.05) is 0 Å². The number of nitrogens with zero attached hydrogens (tertiary/aromatic N) is 2. The van der Waals surface area contributed by atoms with Crippen LogP contribution in [-0.4, -0.2) is 24.2 Å². The van der Waals surface area contributed by atoms with Crippen LogP contribution in [0.2, 0.25) is 0 Å². The molecule has 154 valence electrons. The number of aryl methyl sites for hydroxylation is 1. The van der Waals surface area contributed by atoms with Gasteiger partial charge in [0.1, 0.15) is 4.90 Å². The molecule has 1 heterocycles. The molecule has 3 aromatic rings. The molecule has 0 amide bonds. The normalized spacial score (nSPS) is 13.4. The first-order chi connectivity index (χ1) is 13.7. The minimum atomic E-state index is -3.70. The molecule has 3 rings (SSSR count). The van der Waals surface area contributed by atoms with Crippen LogP contribution in [0.15, 0.2) is 71.8 Å². The van der Waals surface area contributed by atoms with E-state index in [-0.39, 0.29) is 10.9 Å². The highest BCUT2D eigenvalue weighted by molar-refractivity contribution is 7.89. The van der Waals surface area contributed by atoms with Crippen molar-refractivity contribution in [3.63, 3.8) is 0 Å². The Bertz CT molecular complexity index is 1040. The van der Waals surface area contributed by atoms with Gasteiger partial charge in [-0.2, -0.15) is 5.10 Å². The second-order valence-electron chi connectivity index (χ2n) is 8.42. The van der Waals surface area contributed by atoms with Gasteiger partial charge in [-0.15, -0.1) is 0 Å². The molecular weight excluding hydrogens is 382 g/mol. The van der Waals surface area contributed by atoms with Gasteiger partial charge in [0.05, 0.1) is 17.6 Å². The Labute approximate surface area is 173 Å². The molecule has 0 radical (unpaired) electrons. The lowest BCUT2D eigenvalue weighted by Gasteiger charge is -2.19. The van der Waals surface area contributed by atoms with Crippen molar-refractivity contribution in [3.05, 3.63) is 78.1 Å². The maximum absolute atomic E-state index is 13.2. The number of rotatable bonds is 7. The smallest absolute Gasteiger partial charge is 0.239 e. The molecule has 0 fully saturated rings. The summed E-state index contributed by atoms with van der Waals surface area (Å²) in [6, 6.07) is 19.5. The van der Waals surface area contributed by atoms with Crippen LogP contribution in [0.4, 0.5) is 0 Å². The number of sulfonamides is 1. The minimum Gasteiger partial charge on any atom is -0.239 e. The molecule has 0 aliphatic rings. The molecule has 1 aromatic heterocycles. The first kappa shape index (κ1) is 21.3. The average Bonchev–Trinajstić information content (AvgIpc) is 3.15. The predicted octanol–water partition coefficient (Wildman–Crippen LogP) is 4.47. The van der Waals surface area contributed by atoms with E-state index in [1.807, 2.05) is 76.2 Å². The van der Waals surface area contributed by atoms with Gasteiger partial charge in [-0.1, -0.05) is 69.3 Å². The third-order valence-corrected chi connectivity index (χ3v) is 6.36. The quantitative estimate of drug-likeness (QED) is 0.624. The van der Waals surface area contributed by atoms with E-state index < -0.39 is 15.4 Å². The summed E-state index contributed by atoms with van der Waals surface area (Å²) < 4.78 is 30.9. The fourth-order valence-corrected chi connectivity index (χ4v) is 4.82. The maximum Gasteiger partial charge on any atom is 0.244 e. The molecule has 29 heavy (non-hydrogen) atoms. The Morgan fingerprint density at radius 1 is 1.00 bits per heavy atom. The van der Waals surface area contributed by atoms with Gasteiger partial charge in [-0.05, 0) is 37.5 Å². The number of nitrogens with one attached hydrogen (secondary N) is 1. The number of hydrogen-bond acceptors (Lipinski definition) is 3. The van der Waals surface area contributed by atoms with E-state index in [2.05, 4.69) is 22.0 Å². The van der Waals surface area contributed by atoms with Crippen LogP contribution in [0.1, 0.15) is 45.4 Å². The molecule has 0 aliphatic heterocycles. The van der Waals surface area contributed by atoms with Gasteiger partial charge in [0, 0.05) is 11.5 Å². The zero-order valence-corrected chi connectivity index (χ0v) is 18.3. The predicted molar refractivity (Wildman–Crippen MR) is 117 cm³/mol. The van der Waals surface area contributed by atoms with Crippen molar-refractivity contribution in [1.29, 1.82) is 0 Å². The Kier molecular flexibility index (Phi) is 6.24. The molecule has 5 nitrogen and oxygen atoms in total. The lowest BCUT2D eigenvalue weighted by Crippen LogP contribution is -2.34. The second kappa shape index (κ2) is 8.51. The third kappa shape index (κ3) is 5.34. The zero-order valence-electron chi connectivity index (χ0n) is 17.5. The number of aromatic nitrogens is 2. The third-order valence-electron chi connectivity index (χ3n) is 4.77. The Morgan fingerprint density at radius 3 is 2.17 bits per heavy atom. The molecule has 0 saturated heterocycles. The van der Waals surface area contributed by atoms with E-state index in [0.717, 1.165) is 18.5 Å². The lowest BCUT2D eigenvalue weighted by atomic mass is 9.92. The summed E-state index contributed by atoms with van der Waals surface area (Å²) in [7, 11) is -3.70. The fraction of sp³-hybridized carbons (Fsp3) is 0.348. The van der Waals surface area contributed by atoms with E-state index in [0.29, 0.717) is 5.69 Å². The number of benzene rings is 2. The monoisotopic (exact) mass is 411 g/mol. The molecular formula is C23H29N3O2S. The highest BCUT2D eigenvalue weighted by Gasteiger charge is 2.31. The highest BCUT2D eigenvalue weighted by atomic mass is 32.2. The molecule has 0 saturated carbocycles. The van der Waals surface area contributed by atoms with Gasteiger partial charge in [0.2, 0.25) is 10.0 Å². The Morgan fingerprint density at radius 2 is 1.59 bits per heavy atom. The summed E-state index contributed by atoms with van der Waals surface area (Å²) in [6.07, 6.45) is 3.16. The van der Waals surface area contributed by atoms with Gasteiger partial charge >= 0.3 is 0 Å². The second-order valence-corrected chi connectivity index (χ2v) is 10.1.